The fourth-order valence-electron chi connectivity index (χ4n) is 2.72. The van der Waals surface area contributed by atoms with Crippen molar-refractivity contribution in [1.82, 2.24) is 4.98 Å². The van der Waals surface area contributed by atoms with Crippen LogP contribution in [0, 0.1) is 6.92 Å². The highest BCUT2D eigenvalue weighted by Gasteiger charge is 2.19. The molecule has 3 N–H and O–H groups in total. The van der Waals surface area contributed by atoms with Gasteiger partial charge in [-0.3, -0.25) is 4.98 Å². The Morgan fingerprint density at radius 2 is 2.00 bits per heavy atom. The molecule has 1 saturated heterocycles. The molecule has 1 aromatic carbocycles. The van der Waals surface area contributed by atoms with Gasteiger partial charge in [0.2, 0.25) is 0 Å². The van der Waals surface area contributed by atoms with Gasteiger partial charge < -0.3 is 15.7 Å². The summed E-state index contributed by atoms with van der Waals surface area (Å²) < 4.78 is 0. The van der Waals surface area contributed by atoms with Gasteiger partial charge >= 0.3 is 0 Å². The summed E-state index contributed by atoms with van der Waals surface area (Å²) >= 11 is 0. The van der Waals surface area contributed by atoms with E-state index < -0.39 is 0 Å². The van der Waals surface area contributed by atoms with Crippen molar-refractivity contribution in [3.8, 4) is 0 Å². The Bertz CT molecular complexity index is 604. The van der Waals surface area contributed by atoms with Crippen molar-refractivity contribution in [2.75, 3.05) is 23.7 Å². The fraction of sp³-hybridized carbons (Fsp3) is 0.400. The average molecular weight is 257 g/mol. The molecule has 0 radical (unpaired) electrons. The summed E-state index contributed by atoms with van der Waals surface area (Å²) in [4.78, 5) is 6.88. The summed E-state index contributed by atoms with van der Waals surface area (Å²) in [6, 6.07) is 7.96. The Labute approximate surface area is 112 Å². The number of nitrogens with two attached hydrogens (primary N) is 1. The summed E-state index contributed by atoms with van der Waals surface area (Å²) in [7, 11) is 0. The van der Waals surface area contributed by atoms with Crippen LogP contribution in [0.2, 0.25) is 0 Å². The van der Waals surface area contributed by atoms with E-state index in [1.54, 1.807) is 0 Å². The van der Waals surface area contributed by atoms with Gasteiger partial charge in [-0.1, -0.05) is 0 Å². The molecule has 4 heteroatoms. The molecule has 1 fully saturated rings. The van der Waals surface area contributed by atoms with Crippen LogP contribution in [0.5, 0.6) is 0 Å². The molecule has 0 amide bonds. The second-order valence-electron chi connectivity index (χ2n) is 5.28. The number of aliphatic hydroxyl groups is 1. The first-order valence-corrected chi connectivity index (χ1v) is 6.73. The van der Waals surface area contributed by atoms with E-state index in [-0.39, 0.29) is 6.10 Å². The molecule has 19 heavy (non-hydrogen) atoms. The molecule has 0 saturated carbocycles. The number of hydrogen-bond donors (Lipinski definition) is 2. The molecule has 0 bridgehead atoms. The topological polar surface area (TPSA) is 62.4 Å². The minimum atomic E-state index is -0.157. The van der Waals surface area contributed by atoms with Crippen LogP contribution >= 0.6 is 0 Å². The molecule has 3 rings (SSSR count). The van der Waals surface area contributed by atoms with Crippen molar-refractivity contribution >= 4 is 22.3 Å². The summed E-state index contributed by atoms with van der Waals surface area (Å²) in [5, 5.41) is 10.7. The molecular weight excluding hydrogens is 238 g/mol. The van der Waals surface area contributed by atoms with Crippen molar-refractivity contribution in [3.05, 3.63) is 30.0 Å². The number of nitrogen functional groups attached to an aromatic ring is 1. The molecule has 1 aliphatic heterocycles. The van der Waals surface area contributed by atoms with Crippen molar-refractivity contribution < 1.29 is 5.11 Å². The molecule has 0 spiro atoms. The third kappa shape index (κ3) is 2.36. The van der Waals surface area contributed by atoms with E-state index in [4.69, 9.17) is 5.73 Å². The number of benzene rings is 1. The third-order valence-electron chi connectivity index (χ3n) is 3.74. The van der Waals surface area contributed by atoms with Gasteiger partial charge in [0.25, 0.3) is 0 Å². The zero-order valence-corrected chi connectivity index (χ0v) is 11.1. The first-order valence-electron chi connectivity index (χ1n) is 6.73. The number of pyridine rings is 1. The van der Waals surface area contributed by atoms with Gasteiger partial charge in [-0.05, 0) is 44.0 Å². The number of hydrogen-bond acceptors (Lipinski definition) is 4. The van der Waals surface area contributed by atoms with E-state index in [0.29, 0.717) is 0 Å². The first kappa shape index (κ1) is 12.2. The highest BCUT2D eigenvalue weighted by molar-refractivity contribution is 5.94. The number of aliphatic hydroxyl groups excluding tert-OH is 1. The Morgan fingerprint density at radius 1 is 1.26 bits per heavy atom. The van der Waals surface area contributed by atoms with Gasteiger partial charge in [-0.2, -0.15) is 0 Å². The van der Waals surface area contributed by atoms with Crippen LogP contribution in [-0.2, 0) is 0 Å². The molecule has 4 nitrogen and oxygen atoms in total. The van der Waals surface area contributed by atoms with E-state index in [2.05, 4.69) is 16.0 Å². The molecule has 0 aliphatic carbocycles. The number of piperidine rings is 1. The second kappa shape index (κ2) is 4.70. The van der Waals surface area contributed by atoms with E-state index in [9.17, 15) is 5.11 Å². The lowest BCUT2D eigenvalue weighted by molar-refractivity contribution is 0.145. The molecule has 0 unspecified atom stereocenters. The van der Waals surface area contributed by atoms with Gasteiger partial charge in [-0.25, -0.2) is 0 Å². The lowest BCUT2D eigenvalue weighted by Crippen LogP contribution is -2.36. The van der Waals surface area contributed by atoms with E-state index >= 15 is 0 Å². The molecule has 2 aromatic rings. The third-order valence-corrected chi connectivity index (χ3v) is 3.74. The molecular formula is C15H19N3O. The van der Waals surface area contributed by atoms with Gasteiger partial charge in [0.05, 0.1) is 11.6 Å². The summed E-state index contributed by atoms with van der Waals surface area (Å²) in [6.45, 7) is 3.78. The van der Waals surface area contributed by atoms with Gasteiger partial charge in [0, 0.05) is 35.5 Å². The lowest BCUT2D eigenvalue weighted by Gasteiger charge is -2.32. The van der Waals surface area contributed by atoms with Crippen LogP contribution in [0.3, 0.4) is 0 Å². The zero-order valence-electron chi connectivity index (χ0n) is 11.1. The Hall–Kier alpha value is -1.81. The van der Waals surface area contributed by atoms with Crippen molar-refractivity contribution in [2.24, 2.45) is 0 Å². The maximum Gasteiger partial charge on any atom is 0.0727 e. The number of rotatable bonds is 1. The normalized spacial score (nSPS) is 17.1. The van der Waals surface area contributed by atoms with Crippen molar-refractivity contribution in [1.29, 1.82) is 0 Å². The fourth-order valence-corrected chi connectivity index (χ4v) is 2.72. The molecule has 2 heterocycles. The quantitative estimate of drug-likeness (QED) is 0.768. The standard InChI is InChI=1S/C15H19N3O/c1-10-8-15(18-6-4-12(19)5-7-18)13-9-11(16)2-3-14(13)17-10/h2-3,8-9,12,19H,4-7,16H2,1H3. The second-order valence-corrected chi connectivity index (χ2v) is 5.28. The molecule has 0 atom stereocenters. The predicted octanol–water partition coefficient (Wildman–Crippen LogP) is 2.09. The molecule has 1 aromatic heterocycles. The van der Waals surface area contributed by atoms with Gasteiger partial charge in [-0.15, -0.1) is 0 Å². The van der Waals surface area contributed by atoms with Gasteiger partial charge in [0.15, 0.2) is 0 Å². The minimum absolute atomic E-state index is 0.157. The van der Waals surface area contributed by atoms with Crippen LogP contribution in [0.25, 0.3) is 10.9 Å². The lowest BCUT2D eigenvalue weighted by atomic mass is 10.0. The number of aromatic nitrogens is 1. The van der Waals surface area contributed by atoms with E-state index in [1.165, 1.54) is 5.69 Å². The monoisotopic (exact) mass is 257 g/mol. The summed E-state index contributed by atoms with van der Waals surface area (Å²) in [6.07, 6.45) is 1.49. The van der Waals surface area contributed by atoms with Crippen LogP contribution in [0.1, 0.15) is 18.5 Å². The predicted molar refractivity (Wildman–Crippen MR) is 78.3 cm³/mol. The molecule has 1 aliphatic rings. The van der Waals surface area contributed by atoms with Crippen LogP contribution in [-0.4, -0.2) is 29.3 Å². The summed E-state index contributed by atoms with van der Waals surface area (Å²) in [5.74, 6) is 0. The first-order chi connectivity index (χ1) is 9.13. The van der Waals surface area contributed by atoms with Crippen LogP contribution in [0.4, 0.5) is 11.4 Å². The van der Waals surface area contributed by atoms with E-state index in [0.717, 1.165) is 48.2 Å². The van der Waals surface area contributed by atoms with Crippen molar-refractivity contribution in [2.45, 2.75) is 25.9 Å². The highest BCUT2D eigenvalue weighted by Crippen LogP contribution is 2.30. The van der Waals surface area contributed by atoms with Crippen LogP contribution < -0.4 is 10.6 Å². The van der Waals surface area contributed by atoms with E-state index in [1.807, 2.05) is 25.1 Å². The maximum atomic E-state index is 9.63. The SMILES string of the molecule is Cc1cc(N2CCC(O)CC2)c2cc(N)ccc2n1. The van der Waals surface area contributed by atoms with Crippen LogP contribution in [0.15, 0.2) is 24.3 Å². The number of aryl methyl sites for hydroxylation is 1. The largest absolute Gasteiger partial charge is 0.399 e. The highest BCUT2D eigenvalue weighted by atomic mass is 16.3. The number of fused-ring (bicyclic) bond motifs is 1. The maximum absolute atomic E-state index is 9.63. The Morgan fingerprint density at radius 3 is 2.74 bits per heavy atom. The van der Waals surface area contributed by atoms with Crippen molar-refractivity contribution in [3.63, 3.8) is 0 Å². The Kier molecular flexibility index (Phi) is 3.03. The van der Waals surface area contributed by atoms with Gasteiger partial charge in [0.1, 0.15) is 0 Å². The smallest absolute Gasteiger partial charge is 0.0727 e. The Balaban J connectivity index is 2.08. The number of nitrogens with zero attached hydrogens (tertiary/aromatic N) is 2. The molecule has 100 valence electrons. The summed E-state index contributed by atoms with van der Waals surface area (Å²) in [5.41, 5.74) is 9.83. The number of anilines is 2. The average Bonchev–Trinajstić information content (AvgIpc) is 2.39. The zero-order chi connectivity index (χ0) is 13.4. The minimum Gasteiger partial charge on any atom is -0.399 e.